The quantitative estimate of drug-likeness (QED) is 0.560. The molecule has 0 aliphatic carbocycles. The maximum atomic E-state index is 14.9. The number of benzene rings is 2. The van der Waals surface area contributed by atoms with Gasteiger partial charge >= 0.3 is 13.1 Å². The zero-order chi connectivity index (χ0) is 23.8. The Kier molecular flexibility index (Phi) is 6.44. The third-order valence-electron chi connectivity index (χ3n) is 5.79. The fourth-order valence-corrected chi connectivity index (χ4v) is 3.32. The van der Waals surface area contributed by atoms with E-state index >= 15 is 0 Å². The number of hydrogen-bond acceptors (Lipinski definition) is 5. The van der Waals surface area contributed by atoms with E-state index in [1.807, 2.05) is 27.7 Å². The second-order valence-electron chi connectivity index (χ2n) is 8.81. The van der Waals surface area contributed by atoms with Gasteiger partial charge in [0.2, 0.25) is 6.10 Å². The van der Waals surface area contributed by atoms with Gasteiger partial charge in [-0.3, -0.25) is 9.59 Å². The molecule has 6 nitrogen and oxygen atoms in total. The van der Waals surface area contributed by atoms with E-state index in [-0.39, 0.29) is 11.3 Å². The van der Waals surface area contributed by atoms with E-state index in [0.717, 1.165) is 13.0 Å². The van der Waals surface area contributed by atoms with Crippen LogP contribution in [0.1, 0.15) is 51.8 Å². The normalized spacial score (nSPS) is 17.7. The molecule has 9 heteroatoms. The number of hydrogen-bond donors (Lipinski definition) is 1. The minimum Gasteiger partial charge on any atom is -0.447 e. The summed E-state index contributed by atoms with van der Waals surface area (Å²) in [5.41, 5.74) is -0.0217. The standard InChI is InChI=1S/C23H26BF2NO5/c1-13-10-19(18(26)12-17(13)24-31-22(3,4)23(5,6)32-24)27-21(29)20(30-14(2)28)15-8-7-9-16(25)11-15/h7-12,20H,1-6H3,(H,27,29). The van der Waals surface area contributed by atoms with Gasteiger partial charge in [-0.2, -0.15) is 0 Å². The fourth-order valence-electron chi connectivity index (χ4n) is 3.32. The first-order valence-electron chi connectivity index (χ1n) is 10.2. The monoisotopic (exact) mass is 445 g/mol. The van der Waals surface area contributed by atoms with Crippen molar-refractivity contribution in [3.05, 3.63) is 59.2 Å². The molecule has 0 spiro atoms. The Morgan fingerprint density at radius 2 is 1.69 bits per heavy atom. The average molecular weight is 445 g/mol. The lowest BCUT2D eigenvalue weighted by Gasteiger charge is -2.32. The third kappa shape index (κ3) is 4.84. The van der Waals surface area contributed by atoms with Crippen LogP contribution in [0.25, 0.3) is 0 Å². The number of aryl methyl sites for hydroxylation is 1. The Labute approximate surface area is 186 Å². The molecule has 1 fully saturated rings. The Bertz CT molecular complexity index is 1040. The van der Waals surface area contributed by atoms with Crippen molar-refractivity contribution in [3.63, 3.8) is 0 Å². The summed E-state index contributed by atoms with van der Waals surface area (Å²) in [6.45, 7) is 10.5. The summed E-state index contributed by atoms with van der Waals surface area (Å²) in [6.07, 6.45) is -1.44. The first-order valence-corrected chi connectivity index (χ1v) is 10.2. The molecule has 170 valence electrons. The number of amides is 1. The highest BCUT2D eigenvalue weighted by Crippen LogP contribution is 2.37. The molecule has 1 saturated heterocycles. The number of esters is 1. The number of halogens is 2. The van der Waals surface area contributed by atoms with Crippen molar-refractivity contribution in [1.82, 2.24) is 0 Å². The lowest BCUT2D eigenvalue weighted by Crippen LogP contribution is -2.41. The van der Waals surface area contributed by atoms with Gasteiger partial charge in [-0.15, -0.1) is 0 Å². The summed E-state index contributed by atoms with van der Waals surface area (Å²) in [6, 6.07) is 7.80. The van der Waals surface area contributed by atoms with Gasteiger partial charge in [0.25, 0.3) is 5.91 Å². The molecule has 2 aromatic rings. The van der Waals surface area contributed by atoms with E-state index in [9.17, 15) is 18.4 Å². The lowest BCUT2D eigenvalue weighted by molar-refractivity contribution is -0.152. The average Bonchev–Trinajstić information content (AvgIpc) is 2.89. The van der Waals surface area contributed by atoms with Crippen molar-refractivity contribution in [2.75, 3.05) is 5.32 Å². The van der Waals surface area contributed by atoms with Gasteiger partial charge in [-0.25, -0.2) is 8.78 Å². The summed E-state index contributed by atoms with van der Waals surface area (Å²) in [7, 11) is -0.764. The van der Waals surface area contributed by atoms with Crippen LogP contribution in [0.3, 0.4) is 0 Å². The Hall–Kier alpha value is -2.78. The SMILES string of the molecule is CC(=O)OC(C(=O)Nc1cc(C)c(B2OC(C)(C)C(C)(C)O2)cc1F)c1cccc(F)c1. The molecule has 0 saturated carbocycles. The van der Waals surface area contributed by atoms with Crippen molar-refractivity contribution in [1.29, 1.82) is 0 Å². The molecule has 0 bridgehead atoms. The topological polar surface area (TPSA) is 73.9 Å². The molecule has 3 rings (SSSR count). The zero-order valence-electron chi connectivity index (χ0n) is 18.9. The maximum Gasteiger partial charge on any atom is 0.495 e. The first kappa shape index (κ1) is 23.9. The van der Waals surface area contributed by atoms with Crippen molar-refractivity contribution in [2.24, 2.45) is 0 Å². The van der Waals surface area contributed by atoms with Gasteiger partial charge in [0.15, 0.2) is 0 Å². The zero-order valence-corrected chi connectivity index (χ0v) is 18.9. The van der Waals surface area contributed by atoms with Crippen LogP contribution in [-0.4, -0.2) is 30.2 Å². The molecular formula is C23H26BF2NO5. The van der Waals surface area contributed by atoms with E-state index in [4.69, 9.17) is 14.0 Å². The molecule has 0 radical (unpaired) electrons. The Balaban J connectivity index is 1.86. The maximum absolute atomic E-state index is 14.9. The molecule has 2 aromatic carbocycles. The highest BCUT2D eigenvalue weighted by Gasteiger charge is 2.52. The van der Waals surface area contributed by atoms with Crippen LogP contribution in [0, 0.1) is 18.6 Å². The van der Waals surface area contributed by atoms with Gasteiger partial charge < -0.3 is 19.4 Å². The van der Waals surface area contributed by atoms with E-state index in [1.54, 1.807) is 6.92 Å². The van der Waals surface area contributed by atoms with Crippen LogP contribution in [0.2, 0.25) is 0 Å². The summed E-state index contributed by atoms with van der Waals surface area (Å²) in [5.74, 6) is -2.86. The van der Waals surface area contributed by atoms with Crippen LogP contribution in [-0.2, 0) is 23.6 Å². The van der Waals surface area contributed by atoms with Crippen molar-refractivity contribution < 1.29 is 32.4 Å². The van der Waals surface area contributed by atoms with Crippen molar-refractivity contribution in [3.8, 4) is 0 Å². The largest absolute Gasteiger partial charge is 0.495 e. The van der Waals surface area contributed by atoms with Gasteiger partial charge in [-0.1, -0.05) is 12.1 Å². The highest BCUT2D eigenvalue weighted by atomic mass is 19.1. The van der Waals surface area contributed by atoms with Crippen LogP contribution >= 0.6 is 0 Å². The summed E-state index contributed by atoms with van der Waals surface area (Å²) in [4.78, 5) is 24.3. The molecular weight excluding hydrogens is 419 g/mol. The summed E-state index contributed by atoms with van der Waals surface area (Å²) < 4.78 is 45.6. The van der Waals surface area contributed by atoms with Crippen LogP contribution in [0.4, 0.5) is 14.5 Å². The number of rotatable bonds is 5. The number of anilines is 1. The van der Waals surface area contributed by atoms with E-state index < -0.39 is 47.9 Å². The Morgan fingerprint density at radius 1 is 1.06 bits per heavy atom. The van der Waals surface area contributed by atoms with Crippen LogP contribution in [0.5, 0.6) is 0 Å². The van der Waals surface area contributed by atoms with Crippen molar-refractivity contribution in [2.45, 2.75) is 58.8 Å². The molecule has 1 atom stereocenters. The second kappa shape index (κ2) is 8.63. The first-order chi connectivity index (χ1) is 14.8. The third-order valence-corrected chi connectivity index (χ3v) is 5.79. The predicted octanol–water partition coefficient (Wildman–Crippen LogP) is 3.82. The molecule has 1 aliphatic heterocycles. The van der Waals surface area contributed by atoms with E-state index in [1.165, 1.54) is 30.3 Å². The lowest BCUT2D eigenvalue weighted by atomic mass is 9.76. The van der Waals surface area contributed by atoms with E-state index in [2.05, 4.69) is 5.32 Å². The molecule has 1 heterocycles. The molecule has 1 N–H and O–H groups in total. The smallest absolute Gasteiger partial charge is 0.447 e. The van der Waals surface area contributed by atoms with Gasteiger partial charge in [-0.05, 0) is 69.9 Å². The molecule has 1 amide bonds. The predicted molar refractivity (Wildman–Crippen MR) is 116 cm³/mol. The number of carbonyl (C=O) groups is 2. The summed E-state index contributed by atoms with van der Waals surface area (Å²) in [5, 5.41) is 2.43. The van der Waals surface area contributed by atoms with Crippen LogP contribution < -0.4 is 10.8 Å². The molecule has 1 aliphatic rings. The minimum absolute atomic E-state index is 0.110. The highest BCUT2D eigenvalue weighted by molar-refractivity contribution is 6.62. The van der Waals surface area contributed by atoms with Gasteiger partial charge in [0.05, 0.1) is 16.9 Å². The van der Waals surface area contributed by atoms with Gasteiger partial charge in [0, 0.05) is 12.5 Å². The molecule has 32 heavy (non-hydrogen) atoms. The second-order valence-corrected chi connectivity index (χ2v) is 8.81. The number of nitrogens with one attached hydrogen (secondary N) is 1. The van der Waals surface area contributed by atoms with Gasteiger partial charge in [0.1, 0.15) is 11.6 Å². The minimum atomic E-state index is -1.44. The number of ether oxygens (including phenoxy) is 1. The summed E-state index contributed by atoms with van der Waals surface area (Å²) >= 11 is 0. The Morgan fingerprint density at radius 3 is 2.25 bits per heavy atom. The fraction of sp³-hybridized carbons (Fsp3) is 0.391. The van der Waals surface area contributed by atoms with Crippen molar-refractivity contribution >= 4 is 30.1 Å². The molecule has 1 unspecified atom stereocenters. The molecule has 0 aromatic heterocycles. The number of carbonyl (C=O) groups excluding carboxylic acids is 2. The van der Waals surface area contributed by atoms with E-state index in [0.29, 0.717) is 11.0 Å². The van der Waals surface area contributed by atoms with Crippen LogP contribution in [0.15, 0.2) is 36.4 Å².